The number of fused-ring (bicyclic) bond motifs is 1. The van der Waals surface area contributed by atoms with Gasteiger partial charge in [-0.15, -0.1) is 0 Å². The standard InChI is InChI=1S/C20H16ClF3N4O2S/c1-28(9-17(29)27-12-6-7-15(21)14(8-12)20(22,23)24)18(30)10-31-19-13-4-2-3-5-16(13)25-11-26-19/h2-8,11H,9-10H2,1H3,(H,27,29). The number of rotatable bonds is 6. The zero-order valence-electron chi connectivity index (χ0n) is 16.1. The van der Waals surface area contributed by atoms with Crippen molar-refractivity contribution in [2.75, 3.05) is 24.7 Å². The van der Waals surface area contributed by atoms with Crippen LogP contribution >= 0.6 is 23.4 Å². The van der Waals surface area contributed by atoms with E-state index in [-0.39, 0.29) is 23.9 Å². The van der Waals surface area contributed by atoms with Crippen LogP contribution in [0.5, 0.6) is 0 Å². The summed E-state index contributed by atoms with van der Waals surface area (Å²) in [6.07, 6.45) is -3.24. The normalized spacial score (nSPS) is 11.4. The van der Waals surface area contributed by atoms with Crippen LogP contribution in [0.15, 0.2) is 53.8 Å². The van der Waals surface area contributed by atoms with Crippen LogP contribution in [-0.4, -0.2) is 46.0 Å². The van der Waals surface area contributed by atoms with Gasteiger partial charge >= 0.3 is 6.18 Å². The Hall–Kier alpha value is -2.85. The van der Waals surface area contributed by atoms with E-state index in [0.29, 0.717) is 5.03 Å². The number of nitrogens with one attached hydrogen (secondary N) is 1. The minimum absolute atomic E-state index is 0.0317. The molecule has 1 heterocycles. The van der Waals surface area contributed by atoms with Crippen molar-refractivity contribution < 1.29 is 22.8 Å². The van der Waals surface area contributed by atoms with E-state index in [9.17, 15) is 22.8 Å². The van der Waals surface area contributed by atoms with E-state index in [0.717, 1.165) is 23.0 Å². The molecule has 1 N–H and O–H groups in total. The second-order valence-corrected chi connectivity index (χ2v) is 7.85. The van der Waals surface area contributed by atoms with E-state index in [4.69, 9.17) is 11.6 Å². The van der Waals surface area contributed by atoms with E-state index in [1.807, 2.05) is 24.3 Å². The van der Waals surface area contributed by atoms with Crippen molar-refractivity contribution in [2.24, 2.45) is 0 Å². The summed E-state index contributed by atoms with van der Waals surface area (Å²) in [5, 5.41) is 3.33. The number of para-hydroxylation sites is 1. The molecule has 11 heteroatoms. The molecular weight excluding hydrogens is 453 g/mol. The van der Waals surface area contributed by atoms with Crippen molar-refractivity contribution in [1.82, 2.24) is 14.9 Å². The number of anilines is 1. The lowest BCUT2D eigenvalue weighted by atomic mass is 10.2. The molecule has 0 radical (unpaired) electrons. The molecule has 0 bridgehead atoms. The highest BCUT2D eigenvalue weighted by Crippen LogP contribution is 2.36. The highest BCUT2D eigenvalue weighted by atomic mass is 35.5. The molecule has 2 aromatic carbocycles. The number of alkyl halides is 3. The Kier molecular flexibility index (Phi) is 7.01. The average molecular weight is 469 g/mol. The Bertz CT molecular complexity index is 1120. The molecular formula is C20H16ClF3N4O2S. The van der Waals surface area contributed by atoms with E-state index in [2.05, 4.69) is 15.3 Å². The van der Waals surface area contributed by atoms with Crippen LogP contribution in [0.2, 0.25) is 5.02 Å². The highest BCUT2D eigenvalue weighted by Gasteiger charge is 2.33. The fourth-order valence-corrected chi connectivity index (χ4v) is 3.81. The van der Waals surface area contributed by atoms with Crippen LogP contribution < -0.4 is 5.32 Å². The summed E-state index contributed by atoms with van der Waals surface area (Å²) in [4.78, 5) is 34.1. The number of hydrogen-bond acceptors (Lipinski definition) is 5. The molecule has 162 valence electrons. The van der Waals surface area contributed by atoms with Gasteiger partial charge in [0.05, 0.1) is 28.4 Å². The first kappa shape index (κ1) is 22.8. The van der Waals surface area contributed by atoms with Gasteiger partial charge in [-0.2, -0.15) is 13.2 Å². The fraction of sp³-hybridized carbons (Fsp3) is 0.200. The van der Waals surface area contributed by atoms with E-state index in [1.54, 1.807) is 0 Å². The van der Waals surface area contributed by atoms with Gasteiger partial charge in [0.2, 0.25) is 11.8 Å². The Morgan fingerprint density at radius 2 is 1.90 bits per heavy atom. The van der Waals surface area contributed by atoms with Gasteiger partial charge in [-0.3, -0.25) is 9.59 Å². The third kappa shape index (κ3) is 5.86. The van der Waals surface area contributed by atoms with Crippen LogP contribution in [0.25, 0.3) is 10.9 Å². The maximum Gasteiger partial charge on any atom is 0.417 e. The summed E-state index contributed by atoms with van der Waals surface area (Å²) >= 11 is 6.78. The number of carbonyl (C=O) groups excluding carboxylic acids is 2. The second kappa shape index (κ2) is 9.52. The number of hydrogen-bond donors (Lipinski definition) is 1. The van der Waals surface area contributed by atoms with Crippen molar-refractivity contribution in [2.45, 2.75) is 11.2 Å². The zero-order valence-corrected chi connectivity index (χ0v) is 17.7. The van der Waals surface area contributed by atoms with Crippen molar-refractivity contribution in [3.05, 3.63) is 59.4 Å². The summed E-state index contributed by atoms with van der Waals surface area (Å²) in [7, 11) is 1.43. The quantitative estimate of drug-likeness (QED) is 0.426. The SMILES string of the molecule is CN(CC(=O)Nc1ccc(Cl)c(C(F)(F)F)c1)C(=O)CSc1ncnc2ccccc12. The predicted octanol–water partition coefficient (Wildman–Crippen LogP) is 4.49. The van der Waals surface area contributed by atoms with E-state index >= 15 is 0 Å². The average Bonchev–Trinajstić information content (AvgIpc) is 2.72. The lowest BCUT2D eigenvalue weighted by Crippen LogP contribution is -2.36. The zero-order chi connectivity index (χ0) is 22.6. The molecule has 0 aliphatic heterocycles. The summed E-state index contributed by atoms with van der Waals surface area (Å²) in [5.74, 6) is -0.942. The Labute approximate surface area is 184 Å². The van der Waals surface area contributed by atoms with Gasteiger partial charge in [-0.05, 0) is 24.3 Å². The molecule has 1 aromatic heterocycles. The van der Waals surface area contributed by atoms with Gasteiger partial charge in [0, 0.05) is 18.1 Å². The number of benzene rings is 2. The fourth-order valence-electron chi connectivity index (χ4n) is 2.66. The van der Waals surface area contributed by atoms with Gasteiger partial charge < -0.3 is 10.2 Å². The maximum atomic E-state index is 12.9. The van der Waals surface area contributed by atoms with Gasteiger partial charge in [0.25, 0.3) is 0 Å². The molecule has 0 unspecified atom stereocenters. The third-order valence-electron chi connectivity index (χ3n) is 4.20. The first-order valence-corrected chi connectivity index (χ1v) is 10.2. The molecule has 0 fully saturated rings. The molecule has 0 atom stereocenters. The first-order valence-electron chi connectivity index (χ1n) is 8.88. The number of carbonyl (C=O) groups is 2. The molecule has 0 saturated carbocycles. The Balaban J connectivity index is 1.58. The van der Waals surface area contributed by atoms with Crippen molar-refractivity contribution >= 4 is 51.8 Å². The minimum Gasteiger partial charge on any atom is -0.336 e. The number of thioether (sulfide) groups is 1. The number of halogens is 4. The number of amides is 2. The highest BCUT2D eigenvalue weighted by molar-refractivity contribution is 8.00. The summed E-state index contributed by atoms with van der Waals surface area (Å²) < 4.78 is 38.8. The molecule has 31 heavy (non-hydrogen) atoms. The van der Waals surface area contributed by atoms with E-state index < -0.39 is 22.7 Å². The Morgan fingerprint density at radius 3 is 2.65 bits per heavy atom. The van der Waals surface area contributed by atoms with E-state index in [1.165, 1.54) is 36.1 Å². The molecule has 3 rings (SSSR count). The molecule has 0 saturated heterocycles. The number of aromatic nitrogens is 2. The van der Waals surface area contributed by atoms with Gasteiger partial charge in [-0.1, -0.05) is 41.6 Å². The van der Waals surface area contributed by atoms with Crippen LogP contribution in [0.4, 0.5) is 18.9 Å². The maximum absolute atomic E-state index is 12.9. The lowest BCUT2D eigenvalue weighted by molar-refractivity contribution is -0.137. The second-order valence-electron chi connectivity index (χ2n) is 6.48. The largest absolute Gasteiger partial charge is 0.417 e. The summed E-state index contributed by atoms with van der Waals surface area (Å²) in [6.45, 7) is -0.326. The summed E-state index contributed by atoms with van der Waals surface area (Å²) in [6, 6.07) is 10.4. The van der Waals surface area contributed by atoms with Crippen LogP contribution in [0.3, 0.4) is 0 Å². The van der Waals surface area contributed by atoms with Crippen molar-refractivity contribution in [3.63, 3.8) is 0 Å². The van der Waals surface area contributed by atoms with Gasteiger partial charge in [-0.25, -0.2) is 9.97 Å². The molecule has 3 aromatic rings. The summed E-state index contributed by atoms with van der Waals surface area (Å²) in [5.41, 5.74) is -0.365. The monoisotopic (exact) mass is 468 g/mol. The lowest BCUT2D eigenvalue weighted by Gasteiger charge is -2.17. The third-order valence-corrected chi connectivity index (χ3v) is 5.52. The van der Waals surface area contributed by atoms with Crippen LogP contribution in [-0.2, 0) is 15.8 Å². The molecule has 0 spiro atoms. The minimum atomic E-state index is -4.65. The smallest absolute Gasteiger partial charge is 0.336 e. The topological polar surface area (TPSA) is 75.2 Å². The number of likely N-dealkylation sites (N-methyl/N-ethyl adjacent to an activating group) is 1. The first-order chi connectivity index (χ1) is 14.6. The van der Waals surface area contributed by atoms with Crippen LogP contribution in [0.1, 0.15) is 5.56 Å². The molecule has 0 aliphatic rings. The van der Waals surface area contributed by atoms with Crippen LogP contribution in [0, 0.1) is 0 Å². The molecule has 6 nitrogen and oxygen atoms in total. The van der Waals surface area contributed by atoms with Crippen molar-refractivity contribution in [3.8, 4) is 0 Å². The van der Waals surface area contributed by atoms with Gasteiger partial charge in [0.1, 0.15) is 11.4 Å². The molecule has 2 amide bonds. The number of nitrogens with zero attached hydrogens (tertiary/aromatic N) is 3. The van der Waals surface area contributed by atoms with Crippen molar-refractivity contribution in [1.29, 1.82) is 0 Å². The van der Waals surface area contributed by atoms with Gasteiger partial charge in [0.15, 0.2) is 0 Å². The molecule has 0 aliphatic carbocycles. The Morgan fingerprint density at radius 1 is 1.16 bits per heavy atom. The predicted molar refractivity (Wildman–Crippen MR) is 113 cm³/mol.